The molecule has 1 heterocycles. The highest BCUT2D eigenvalue weighted by molar-refractivity contribution is 6.46. The van der Waals surface area contributed by atoms with Gasteiger partial charge in [0.05, 0.1) is 12.3 Å². The molecule has 100 valence electrons. The van der Waals surface area contributed by atoms with Gasteiger partial charge in [0, 0.05) is 5.92 Å². The summed E-state index contributed by atoms with van der Waals surface area (Å²) in [6.45, 7) is 3.48. The van der Waals surface area contributed by atoms with Gasteiger partial charge < -0.3 is 4.74 Å². The van der Waals surface area contributed by atoms with Crippen LogP contribution in [0.3, 0.4) is 0 Å². The molecule has 0 spiro atoms. The van der Waals surface area contributed by atoms with Crippen LogP contribution in [0.2, 0.25) is 0 Å². The van der Waals surface area contributed by atoms with Crippen LogP contribution < -0.4 is 4.90 Å². The molecule has 0 radical (unpaired) electrons. The van der Waals surface area contributed by atoms with Gasteiger partial charge in [-0.1, -0.05) is 25.1 Å². The number of hydrogen-bond donors (Lipinski definition) is 0. The second-order valence-electron chi connectivity index (χ2n) is 4.44. The van der Waals surface area contributed by atoms with Crippen LogP contribution in [0.4, 0.5) is 10.5 Å². The fourth-order valence-electron chi connectivity index (χ4n) is 2.12. The SMILES string of the molecule is CCOC(=O)N1C(=O)C(=O)C(C)Cc2ccccc21. The number of carbonyl (C=O) groups is 3. The van der Waals surface area contributed by atoms with Crippen LogP contribution in [0.1, 0.15) is 19.4 Å². The summed E-state index contributed by atoms with van der Waals surface area (Å²) in [5.41, 5.74) is 1.23. The minimum Gasteiger partial charge on any atom is -0.449 e. The summed E-state index contributed by atoms with van der Waals surface area (Å²) >= 11 is 0. The Morgan fingerprint density at radius 3 is 2.74 bits per heavy atom. The van der Waals surface area contributed by atoms with Gasteiger partial charge in [-0.2, -0.15) is 0 Å². The first kappa shape index (κ1) is 13.3. The lowest BCUT2D eigenvalue weighted by Gasteiger charge is -2.19. The minimum absolute atomic E-state index is 0.147. The summed E-state index contributed by atoms with van der Waals surface area (Å²) in [5.74, 6) is -1.83. The van der Waals surface area contributed by atoms with Crippen LogP contribution in [0.25, 0.3) is 0 Å². The van der Waals surface area contributed by atoms with E-state index in [1.54, 1.807) is 26.0 Å². The van der Waals surface area contributed by atoms with E-state index < -0.39 is 23.7 Å². The van der Waals surface area contributed by atoms with Gasteiger partial charge in [0.15, 0.2) is 0 Å². The van der Waals surface area contributed by atoms with Gasteiger partial charge in [-0.05, 0) is 25.0 Å². The molecule has 19 heavy (non-hydrogen) atoms. The fraction of sp³-hybridized carbons (Fsp3) is 0.357. The average Bonchev–Trinajstić information content (AvgIpc) is 2.48. The van der Waals surface area contributed by atoms with E-state index in [1.165, 1.54) is 0 Å². The molecule has 0 aliphatic carbocycles. The first-order valence-electron chi connectivity index (χ1n) is 6.19. The Hall–Kier alpha value is -2.17. The summed E-state index contributed by atoms with van der Waals surface area (Å²) < 4.78 is 4.86. The van der Waals surface area contributed by atoms with E-state index in [0.29, 0.717) is 12.1 Å². The van der Waals surface area contributed by atoms with Crippen molar-refractivity contribution in [3.63, 3.8) is 0 Å². The smallest absolute Gasteiger partial charge is 0.421 e. The van der Waals surface area contributed by atoms with Crippen molar-refractivity contribution < 1.29 is 19.1 Å². The Labute approximate surface area is 111 Å². The van der Waals surface area contributed by atoms with Gasteiger partial charge in [0.2, 0.25) is 5.78 Å². The molecular weight excluding hydrogens is 246 g/mol. The van der Waals surface area contributed by atoms with E-state index in [-0.39, 0.29) is 6.61 Å². The van der Waals surface area contributed by atoms with E-state index in [0.717, 1.165) is 10.5 Å². The van der Waals surface area contributed by atoms with Crippen molar-refractivity contribution in [2.75, 3.05) is 11.5 Å². The van der Waals surface area contributed by atoms with Crippen molar-refractivity contribution >= 4 is 23.5 Å². The number of amides is 2. The van der Waals surface area contributed by atoms with Crippen molar-refractivity contribution in [1.29, 1.82) is 0 Å². The second kappa shape index (κ2) is 5.22. The fourth-order valence-corrected chi connectivity index (χ4v) is 2.12. The van der Waals surface area contributed by atoms with Crippen LogP contribution in [-0.2, 0) is 20.7 Å². The third kappa shape index (κ3) is 2.36. The quantitative estimate of drug-likeness (QED) is 0.725. The molecule has 0 saturated carbocycles. The van der Waals surface area contributed by atoms with Gasteiger partial charge in [-0.15, -0.1) is 0 Å². The molecule has 0 fully saturated rings. The molecule has 0 aromatic heterocycles. The number of hydrogen-bond acceptors (Lipinski definition) is 4. The number of para-hydroxylation sites is 1. The van der Waals surface area contributed by atoms with Gasteiger partial charge >= 0.3 is 12.0 Å². The first-order chi connectivity index (χ1) is 9.06. The molecule has 1 atom stereocenters. The van der Waals surface area contributed by atoms with Gasteiger partial charge in [0.1, 0.15) is 0 Å². The summed E-state index contributed by atoms with van der Waals surface area (Å²) in [6.07, 6.45) is -0.362. The number of Topliss-reactive ketones (excluding diaryl/α,β-unsaturated/α-hetero) is 1. The third-order valence-corrected chi connectivity index (χ3v) is 3.07. The molecule has 1 aliphatic rings. The zero-order chi connectivity index (χ0) is 14.0. The predicted molar refractivity (Wildman–Crippen MR) is 68.8 cm³/mol. The monoisotopic (exact) mass is 261 g/mol. The van der Waals surface area contributed by atoms with Crippen molar-refractivity contribution in [3.8, 4) is 0 Å². The Bertz CT molecular complexity index is 538. The molecule has 1 aliphatic heterocycles. The number of ketones is 1. The molecule has 0 N–H and O–H groups in total. The van der Waals surface area contributed by atoms with Crippen LogP contribution in [-0.4, -0.2) is 24.4 Å². The number of imide groups is 1. The lowest BCUT2D eigenvalue weighted by Crippen LogP contribution is -2.42. The van der Waals surface area contributed by atoms with Crippen molar-refractivity contribution in [2.24, 2.45) is 5.92 Å². The van der Waals surface area contributed by atoms with E-state index in [4.69, 9.17) is 4.74 Å². The topological polar surface area (TPSA) is 63.7 Å². The molecular formula is C14H15NO4. The van der Waals surface area contributed by atoms with Gasteiger partial charge in [0.25, 0.3) is 0 Å². The molecule has 1 aromatic carbocycles. The Morgan fingerprint density at radius 2 is 2.05 bits per heavy atom. The molecule has 5 nitrogen and oxygen atoms in total. The highest BCUT2D eigenvalue weighted by Crippen LogP contribution is 2.28. The molecule has 0 bridgehead atoms. The van der Waals surface area contributed by atoms with E-state index in [2.05, 4.69) is 0 Å². The Kier molecular flexibility index (Phi) is 3.64. The maximum Gasteiger partial charge on any atom is 0.421 e. The third-order valence-electron chi connectivity index (χ3n) is 3.07. The van der Waals surface area contributed by atoms with E-state index >= 15 is 0 Å². The molecule has 2 rings (SSSR count). The summed E-state index contributed by atoms with van der Waals surface area (Å²) in [5, 5.41) is 0. The average molecular weight is 261 g/mol. The number of ether oxygens (including phenoxy) is 1. The van der Waals surface area contributed by atoms with Crippen LogP contribution in [0.5, 0.6) is 0 Å². The molecule has 2 amide bonds. The zero-order valence-corrected chi connectivity index (χ0v) is 10.9. The largest absolute Gasteiger partial charge is 0.449 e. The predicted octanol–water partition coefficient (Wildman–Crippen LogP) is 1.94. The number of benzene rings is 1. The standard InChI is InChI=1S/C14H15NO4/c1-3-19-14(18)15-11-7-5-4-6-10(11)8-9(2)12(16)13(15)17/h4-7,9H,3,8H2,1-2H3. The number of anilines is 1. The highest BCUT2D eigenvalue weighted by Gasteiger charge is 2.37. The Balaban J connectivity index is 2.52. The maximum absolute atomic E-state index is 12.1. The van der Waals surface area contributed by atoms with Crippen LogP contribution in [0, 0.1) is 5.92 Å². The highest BCUT2D eigenvalue weighted by atomic mass is 16.6. The zero-order valence-electron chi connectivity index (χ0n) is 10.9. The van der Waals surface area contributed by atoms with Gasteiger partial charge in [-0.3, -0.25) is 9.59 Å². The lowest BCUT2D eigenvalue weighted by atomic mass is 9.98. The second-order valence-corrected chi connectivity index (χ2v) is 4.44. The number of fused-ring (bicyclic) bond motifs is 1. The number of nitrogens with zero attached hydrogens (tertiary/aromatic N) is 1. The summed E-state index contributed by atoms with van der Waals surface area (Å²) in [6, 6.07) is 6.99. The molecule has 0 saturated heterocycles. The molecule has 1 aromatic rings. The Morgan fingerprint density at radius 1 is 1.37 bits per heavy atom. The van der Waals surface area contributed by atoms with E-state index in [1.807, 2.05) is 12.1 Å². The maximum atomic E-state index is 12.1. The minimum atomic E-state index is -0.823. The summed E-state index contributed by atoms with van der Waals surface area (Å²) in [4.78, 5) is 36.8. The number of rotatable bonds is 1. The lowest BCUT2D eigenvalue weighted by molar-refractivity contribution is -0.137. The number of carbonyl (C=O) groups excluding carboxylic acids is 3. The van der Waals surface area contributed by atoms with E-state index in [9.17, 15) is 14.4 Å². The summed E-state index contributed by atoms with van der Waals surface area (Å²) in [7, 11) is 0. The van der Waals surface area contributed by atoms with Crippen molar-refractivity contribution in [1.82, 2.24) is 0 Å². The first-order valence-corrected chi connectivity index (χ1v) is 6.19. The van der Waals surface area contributed by atoms with Gasteiger partial charge in [-0.25, -0.2) is 9.69 Å². The molecule has 1 unspecified atom stereocenters. The van der Waals surface area contributed by atoms with Crippen LogP contribution >= 0.6 is 0 Å². The normalized spacial score (nSPS) is 18.8. The van der Waals surface area contributed by atoms with Crippen molar-refractivity contribution in [2.45, 2.75) is 20.3 Å². The van der Waals surface area contributed by atoms with Crippen LogP contribution in [0.15, 0.2) is 24.3 Å². The molecule has 5 heteroatoms. The van der Waals surface area contributed by atoms with Crippen molar-refractivity contribution in [3.05, 3.63) is 29.8 Å².